The molecule has 0 amide bonds. The number of piperazine rings is 1. The molecule has 1 aliphatic rings. The van der Waals surface area contributed by atoms with Gasteiger partial charge < -0.3 is 20.1 Å². The second-order valence-electron chi connectivity index (χ2n) is 5.61. The third-order valence-corrected chi connectivity index (χ3v) is 2.95. The van der Waals surface area contributed by atoms with E-state index in [0.717, 1.165) is 25.4 Å². The summed E-state index contributed by atoms with van der Waals surface area (Å²) in [5.41, 5.74) is 1.18. The normalized spacial score (nSPS) is 23.7. The Balaban J connectivity index is 2.83. The van der Waals surface area contributed by atoms with Gasteiger partial charge in [0.1, 0.15) is 0 Å². The summed E-state index contributed by atoms with van der Waals surface area (Å²) in [7, 11) is 0. The van der Waals surface area contributed by atoms with Crippen LogP contribution in [-0.4, -0.2) is 42.0 Å². The van der Waals surface area contributed by atoms with Crippen LogP contribution in [0.3, 0.4) is 0 Å². The average molecular weight is 268 g/mol. The number of aliphatic hydroxyl groups is 1. The first kappa shape index (κ1) is 16.1. The standard InChI is InChI=1S/C15H28N2O2/c1-11(2)8-15(9-13(4)19-14(5)18)17-7-6-16-12(3)10-17/h8-9,11-12,14,16,18H,6-7,10H2,1-5H3/b13-9+,15-8+/t12-,14?/m0/s1. The van der Waals surface area contributed by atoms with Crippen molar-refractivity contribution in [3.63, 3.8) is 0 Å². The molecule has 0 aromatic rings. The fourth-order valence-electron chi connectivity index (χ4n) is 2.26. The Morgan fingerprint density at radius 2 is 2.11 bits per heavy atom. The Hall–Kier alpha value is -1.00. The molecule has 4 nitrogen and oxygen atoms in total. The Bertz CT molecular complexity index is 335. The summed E-state index contributed by atoms with van der Waals surface area (Å²) < 4.78 is 5.31. The summed E-state index contributed by atoms with van der Waals surface area (Å²) in [5.74, 6) is 1.23. The summed E-state index contributed by atoms with van der Waals surface area (Å²) in [5, 5.41) is 12.7. The topological polar surface area (TPSA) is 44.7 Å². The number of nitrogens with one attached hydrogen (secondary N) is 1. The zero-order valence-corrected chi connectivity index (χ0v) is 12.8. The lowest BCUT2D eigenvalue weighted by atomic mass is 10.1. The van der Waals surface area contributed by atoms with Gasteiger partial charge in [-0.05, 0) is 32.8 Å². The first-order valence-electron chi connectivity index (χ1n) is 7.11. The summed E-state index contributed by atoms with van der Waals surface area (Å²) in [6, 6.07) is 0.496. The van der Waals surface area contributed by atoms with Crippen LogP contribution in [0.4, 0.5) is 0 Å². The van der Waals surface area contributed by atoms with Crippen LogP contribution in [0.15, 0.2) is 23.6 Å². The molecule has 0 radical (unpaired) electrons. The maximum atomic E-state index is 9.26. The minimum Gasteiger partial charge on any atom is -0.470 e. The molecule has 19 heavy (non-hydrogen) atoms. The van der Waals surface area contributed by atoms with E-state index in [2.05, 4.69) is 37.1 Å². The van der Waals surface area contributed by atoms with Gasteiger partial charge in [0.25, 0.3) is 0 Å². The molecule has 0 saturated carbocycles. The molecular formula is C15H28N2O2. The Morgan fingerprint density at radius 3 is 2.63 bits per heavy atom. The van der Waals surface area contributed by atoms with E-state index in [1.807, 2.05) is 13.0 Å². The fraction of sp³-hybridized carbons (Fsp3) is 0.733. The number of allylic oxidation sites excluding steroid dienone is 3. The van der Waals surface area contributed by atoms with Crippen molar-refractivity contribution in [3.8, 4) is 0 Å². The summed E-state index contributed by atoms with van der Waals surface area (Å²) in [4.78, 5) is 2.37. The highest BCUT2D eigenvalue weighted by atomic mass is 16.6. The van der Waals surface area contributed by atoms with Gasteiger partial charge in [0.05, 0.1) is 5.76 Å². The molecule has 0 spiro atoms. The number of aliphatic hydroxyl groups excluding tert-OH is 1. The van der Waals surface area contributed by atoms with Crippen molar-refractivity contribution in [1.82, 2.24) is 10.2 Å². The lowest BCUT2D eigenvalue weighted by Crippen LogP contribution is -2.48. The van der Waals surface area contributed by atoms with Gasteiger partial charge >= 0.3 is 0 Å². The van der Waals surface area contributed by atoms with Crippen molar-refractivity contribution >= 4 is 0 Å². The van der Waals surface area contributed by atoms with Crippen LogP contribution in [0.2, 0.25) is 0 Å². The third-order valence-electron chi connectivity index (χ3n) is 2.95. The van der Waals surface area contributed by atoms with Crippen molar-refractivity contribution in [1.29, 1.82) is 0 Å². The van der Waals surface area contributed by atoms with E-state index < -0.39 is 6.29 Å². The van der Waals surface area contributed by atoms with E-state index >= 15 is 0 Å². The molecule has 0 bridgehead atoms. The molecule has 0 aromatic carbocycles. The Kier molecular flexibility index (Phi) is 6.38. The molecule has 1 rings (SSSR count). The second-order valence-corrected chi connectivity index (χ2v) is 5.61. The maximum Gasteiger partial charge on any atom is 0.193 e. The third kappa shape index (κ3) is 6.12. The number of rotatable bonds is 5. The van der Waals surface area contributed by atoms with Gasteiger partial charge in [0, 0.05) is 31.4 Å². The van der Waals surface area contributed by atoms with Crippen LogP contribution in [0.25, 0.3) is 0 Å². The number of ether oxygens (including phenoxy) is 1. The van der Waals surface area contributed by atoms with E-state index in [9.17, 15) is 5.11 Å². The lowest BCUT2D eigenvalue weighted by Gasteiger charge is -2.35. The highest BCUT2D eigenvalue weighted by molar-refractivity contribution is 5.21. The smallest absolute Gasteiger partial charge is 0.193 e. The van der Waals surface area contributed by atoms with Crippen molar-refractivity contribution < 1.29 is 9.84 Å². The van der Waals surface area contributed by atoms with Gasteiger partial charge in [-0.2, -0.15) is 0 Å². The Labute approximate surface area is 117 Å². The van der Waals surface area contributed by atoms with Crippen LogP contribution in [-0.2, 0) is 4.74 Å². The van der Waals surface area contributed by atoms with E-state index in [1.165, 1.54) is 5.70 Å². The average Bonchev–Trinajstić information content (AvgIpc) is 2.26. The summed E-state index contributed by atoms with van der Waals surface area (Å²) in [6.07, 6.45) is 3.50. The van der Waals surface area contributed by atoms with Gasteiger partial charge in [0.2, 0.25) is 0 Å². The molecule has 1 saturated heterocycles. The first-order chi connectivity index (χ1) is 8.88. The Morgan fingerprint density at radius 1 is 1.42 bits per heavy atom. The second kappa shape index (κ2) is 7.56. The monoisotopic (exact) mass is 268 g/mol. The fourth-order valence-corrected chi connectivity index (χ4v) is 2.26. The highest BCUT2D eigenvalue weighted by Gasteiger charge is 2.17. The minimum absolute atomic E-state index is 0.482. The first-order valence-corrected chi connectivity index (χ1v) is 7.11. The van der Waals surface area contributed by atoms with Crippen LogP contribution in [0.1, 0.15) is 34.6 Å². The molecule has 0 aromatic heterocycles. The molecule has 1 unspecified atom stereocenters. The molecule has 2 N–H and O–H groups in total. The van der Waals surface area contributed by atoms with Gasteiger partial charge in [-0.3, -0.25) is 0 Å². The van der Waals surface area contributed by atoms with Crippen molar-refractivity contribution in [2.75, 3.05) is 19.6 Å². The largest absolute Gasteiger partial charge is 0.470 e. The molecular weight excluding hydrogens is 240 g/mol. The van der Waals surface area contributed by atoms with Crippen molar-refractivity contribution in [3.05, 3.63) is 23.6 Å². The number of hydrogen-bond acceptors (Lipinski definition) is 4. The van der Waals surface area contributed by atoms with E-state index in [4.69, 9.17) is 4.74 Å². The molecule has 4 heteroatoms. The van der Waals surface area contributed by atoms with Gasteiger partial charge in [-0.25, -0.2) is 0 Å². The zero-order chi connectivity index (χ0) is 14.4. The van der Waals surface area contributed by atoms with Crippen LogP contribution in [0, 0.1) is 5.92 Å². The molecule has 1 aliphatic heterocycles. The van der Waals surface area contributed by atoms with Crippen LogP contribution < -0.4 is 5.32 Å². The molecule has 0 aliphatic carbocycles. The predicted molar refractivity (Wildman–Crippen MR) is 78.5 cm³/mol. The highest BCUT2D eigenvalue weighted by Crippen LogP contribution is 2.16. The predicted octanol–water partition coefficient (Wildman–Crippen LogP) is 2.08. The van der Waals surface area contributed by atoms with Crippen LogP contribution in [0.5, 0.6) is 0 Å². The van der Waals surface area contributed by atoms with Crippen molar-refractivity contribution in [2.24, 2.45) is 5.92 Å². The molecule has 1 fully saturated rings. The van der Waals surface area contributed by atoms with Crippen LogP contribution >= 0.6 is 0 Å². The van der Waals surface area contributed by atoms with Gasteiger partial charge in [0.15, 0.2) is 6.29 Å². The summed E-state index contributed by atoms with van der Waals surface area (Å²) in [6.45, 7) is 13.0. The minimum atomic E-state index is -0.765. The molecule has 1 heterocycles. The number of hydrogen-bond donors (Lipinski definition) is 2. The van der Waals surface area contributed by atoms with Crippen molar-refractivity contribution in [2.45, 2.75) is 47.0 Å². The van der Waals surface area contributed by atoms with E-state index in [1.54, 1.807) is 6.92 Å². The zero-order valence-electron chi connectivity index (χ0n) is 12.8. The summed E-state index contributed by atoms with van der Waals surface area (Å²) >= 11 is 0. The quantitative estimate of drug-likeness (QED) is 0.455. The van der Waals surface area contributed by atoms with E-state index in [0.29, 0.717) is 12.0 Å². The lowest BCUT2D eigenvalue weighted by molar-refractivity contribution is -0.0489. The number of nitrogens with zero attached hydrogens (tertiary/aromatic N) is 1. The molecule has 2 atom stereocenters. The SMILES string of the molecule is C/C(=C\C(=C/C(C)C)N1CCN[C@@H](C)C1)OC(C)O. The molecule has 110 valence electrons. The van der Waals surface area contributed by atoms with Gasteiger partial charge in [-0.15, -0.1) is 0 Å². The maximum absolute atomic E-state index is 9.26. The van der Waals surface area contributed by atoms with Gasteiger partial charge in [-0.1, -0.05) is 19.9 Å². The van der Waals surface area contributed by atoms with E-state index in [-0.39, 0.29) is 0 Å².